The van der Waals surface area contributed by atoms with Crippen molar-refractivity contribution in [2.24, 2.45) is 4.99 Å². The van der Waals surface area contributed by atoms with Gasteiger partial charge in [0.25, 0.3) is 0 Å². The standard InChI is InChI=1S/C8H12N2/c1-10-6-8-4-2-3-7(8)5-9/h5-6,9H,2-4H2,1H3. The summed E-state index contributed by atoms with van der Waals surface area (Å²) in [5, 5.41) is 7.06. The predicted molar refractivity (Wildman–Crippen MR) is 44.1 cm³/mol. The molecule has 0 saturated carbocycles. The third kappa shape index (κ3) is 1.32. The van der Waals surface area contributed by atoms with Crippen LogP contribution in [0.5, 0.6) is 0 Å². The second kappa shape index (κ2) is 3.30. The average molecular weight is 136 g/mol. The van der Waals surface area contributed by atoms with Gasteiger partial charge in [-0.3, -0.25) is 4.99 Å². The van der Waals surface area contributed by atoms with Crippen LogP contribution in [0, 0.1) is 5.41 Å². The summed E-state index contributed by atoms with van der Waals surface area (Å²) < 4.78 is 0. The van der Waals surface area contributed by atoms with Crippen molar-refractivity contribution in [1.29, 1.82) is 5.41 Å². The zero-order valence-corrected chi connectivity index (χ0v) is 6.22. The molecule has 0 aromatic carbocycles. The van der Waals surface area contributed by atoms with Gasteiger partial charge >= 0.3 is 0 Å². The monoisotopic (exact) mass is 136 g/mol. The molecule has 0 fully saturated rings. The van der Waals surface area contributed by atoms with Crippen molar-refractivity contribution < 1.29 is 0 Å². The van der Waals surface area contributed by atoms with Crippen LogP contribution in [0.1, 0.15) is 19.3 Å². The molecule has 0 spiro atoms. The highest BCUT2D eigenvalue weighted by atomic mass is 14.6. The fraction of sp³-hybridized carbons (Fsp3) is 0.500. The van der Waals surface area contributed by atoms with Crippen LogP contribution in [0.3, 0.4) is 0 Å². The third-order valence-corrected chi connectivity index (χ3v) is 1.76. The summed E-state index contributed by atoms with van der Waals surface area (Å²) in [5.41, 5.74) is 2.41. The van der Waals surface area contributed by atoms with Crippen LogP contribution in [-0.4, -0.2) is 19.5 Å². The van der Waals surface area contributed by atoms with E-state index in [0.717, 1.165) is 18.4 Å². The van der Waals surface area contributed by atoms with E-state index in [0.29, 0.717) is 0 Å². The summed E-state index contributed by atoms with van der Waals surface area (Å²) in [5.74, 6) is 0. The minimum atomic E-state index is 1.06. The molecule has 2 nitrogen and oxygen atoms in total. The Morgan fingerprint density at radius 2 is 2.10 bits per heavy atom. The molecule has 0 bridgehead atoms. The smallest absolute Gasteiger partial charge is 0.0277 e. The molecule has 1 N–H and O–H groups in total. The molecule has 54 valence electrons. The SMILES string of the molecule is CN=CC1=C(C=N)CCC1. The fourth-order valence-corrected chi connectivity index (χ4v) is 1.26. The number of aliphatic imine (C=N–C) groups is 1. The zero-order valence-electron chi connectivity index (χ0n) is 6.22. The molecule has 2 heteroatoms. The topological polar surface area (TPSA) is 36.2 Å². The van der Waals surface area contributed by atoms with E-state index in [1.165, 1.54) is 18.2 Å². The van der Waals surface area contributed by atoms with E-state index < -0.39 is 0 Å². The van der Waals surface area contributed by atoms with Crippen molar-refractivity contribution >= 4 is 12.4 Å². The Kier molecular flexibility index (Phi) is 2.37. The lowest BCUT2D eigenvalue weighted by atomic mass is 10.2. The van der Waals surface area contributed by atoms with Gasteiger partial charge in [0.1, 0.15) is 0 Å². The largest absolute Gasteiger partial charge is 0.308 e. The van der Waals surface area contributed by atoms with Gasteiger partial charge in [-0.2, -0.15) is 0 Å². The van der Waals surface area contributed by atoms with Crippen LogP contribution < -0.4 is 0 Å². The Labute approximate surface area is 61.2 Å². The van der Waals surface area contributed by atoms with Gasteiger partial charge in [0.05, 0.1) is 0 Å². The van der Waals surface area contributed by atoms with Gasteiger partial charge in [-0.05, 0) is 30.4 Å². The van der Waals surface area contributed by atoms with Crippen molar-refractivity contribution in [3.8, 4) is 0 Å². The molecule has 1 aliphatic rings. The predicted octanol–water partition coefficient (Wildman–Crippen LogP) is 1.82. The molecule has 1 rings (SSSR count). The summed E-state index contributed by atoms with van der Waals surface area (Å²) >= 11 is 0. The Balaban J connectivity index is 2.77. The highest BCUT2D eigenvalue weighted by molar-refractivity contribution is 5.91. The molecule has 0 heterocycles. The highest BCUT2D eigenvalue weighted by Crippen LogP contribution is 2.22. The number of nitrogens with one attached hydrogen (secondary N) is 1. The normalized spacial score (nSPS) is 18.9. The molecule has 0 saturated heterocycles. The van der Waals surface area contributed by atoms with Crippen LogP contribution in [0.2, 0.25) is 0 Å². The van der Waals surface area contributed by atoms with Crippen molar-refractivity contribution in [3.05, 3.63) is 11.1 Å². The van der Waals surface area contributed by atoms with Crippen LogP contribution in [-0.2, 0) is 0 Å². The molecule has 0 aromatic heterocycles. The first-order valence-corrected chi connectivity index (χ1v) is 3.53. The molecule has 0 aliphatic heterocycles. The molecule has 0 aromatic rings. The molecule has 10 heavy (non-hydrogen) atoms. The van der Waals surface area contributed by atoms with Crippen molar-refractivity contribution in [1.82, 2.24) is 0 Å². The first kappa shape index (κ1) is 7.19. The summed E-state index contributed by atoms with van der Waals surface area (Å²) in [6, 6.07) is 0. The second-order valence-electron chi connectivity index (χ2n) is 2.44. The minimum Gasteiger partial charge on any atom is -0.308 e. The van der Waals surface area contributed by atoms with E-state index in [1.807, 2.05) is 6.21 Å². The van der Waals surface area contributed by atoms with Crippen LogP contribution in [0.4, 0.5) is 0 Å². The van der Waals surface area contributed by atoms with Crippen LogP contribution in [0.25, 0.3) is 0 Å². The van der Waals surface area contributed by atoms with E-state index in [-0.39, 0.29) is 0 Å². The van der Waals surface area contributed by atoms with Crippen molar-refractivity contribution in [2.45, 2.75) is 19.3 Å². The summed E-state index contributed by atoms with van der Waals surface area (Å²) in [6.07, 6.45) is 6.66. The van der Waals surface area contributed by atoms with Gasteiger partial charge in [0.15, 0.2) is 0 Å². The Morgan fingerprint density at radius 1 is 1.40 bits per heavy atom. The number of allylic oxidation sites excluding steroid dienone is 2. The van der Waals surface area contributed by atoms with Gasteiger partial charge in [0.2, 0.25) is 0 Å². The van der Waals surface area contributed by atoms with E-state index in [4.69, 9.17) is 5.41 Å². The molecule has 0 unspecified atom stereocenters. The highest BCUT2D eigenvalue weighted by Gasteiger charge is 2.09. The van der Waals surface area contributed by atoms with Crippen molar-refractivity contribution in [3.63, 3.8) is 0 Å². The summed E-state index contributed by atoms with van der Waals surface area (Å²) in [6.45, 7) is 0. The first-order valence-electron chi connectivity index (χ1n) is 3.53. The van der Waals surface area contributed by atoms with Gasteiger partial charge in [-0.25, -0.2) is 0 Å². The Morgan fingerprint density at radius 3 is 2.70 bits per heavy atom. The van der Waals surface area contributed by atoms with E-state index >= 15 is 0 Å². The number of nitrogens with zero attached hydrogens (tertiary/aromatic N) is 1. The van der Waals surface area contributed by atoms with Gasteiger partial charge in [-0.1, -0.05) is 0 Å². The van der Waals surface area contributed by atoms with E-state index in [2.05, 4.69) is 4.99 Å². The second-order valence-corrected chi connectivity index (χ2v) is 2.44. The number of rotatable bonds is 2. The lowest BCUT2D eigenvalue weighted by Gasteiger charge is -1.91. The van der Waals surface area contributed by atoms with Gasteiger partial charge in [-0.15, -0.1) is 0 Å². The number of hydrogen-bond acceptors (Lipinski definition) is 2. The molecular formula is C8H12N2. The maximum Gasteiger partial charge on any atom is 0.0277 e. The summed E-state index contributed by atoms with van der Waals surface area (Å²) in [4.78, 5) is 3.93. The van der Waals surface area contributed by atoms with Gasteiger partial charge in [0, 0.05) is 19.5 Å². The van der Waals surface area contributed by atoms with Gasteiger partial charge < -0.3 is 5.41 Å². The first-order chi connectivity index (χ1) is 4.88. The fourth-order valence-electron chi connectivity index (χ4n) is 1.26. The Hall–Kier alpha value is -0.920. The molecule has 1 aliphatic carbocycles. The lowest BCUT2D eigenvalue weighted by molar-refractivity contribution is 0.914. The molecule has 0 atom stereocenters. The maximum atomic E-state index is 7.06. The average Bonchev–Trinajstić information content (AvgIpc) is 2.36. The van der Waals surface area contributed by atoms with Crippen LogP contribution >= 0.6 is 0 Å². The number of hydrogen-bond donors (Lipinski definition) is 1. The lowest BCUT2D eigenvalue weighted by Crippen LogP contribution is -1.85. The summed E-state index contributed by atoms with van der Waals surface area (Å²) in [7, 11) is 1.77. The zero-order chi connectivity index (χ0) is 7.40. The maximum absolute atomic E-state index is 7.06. The quantitative estimate of drug-likeness (QED) is 0.562. The van der Waals surface area contributed by atoms with Crippen molar-refractivity contribution in [2.75, 3.05) is 7.05 Å². The molecular weight excluding hydrogens is 124 g/mol. The van der Waals surface area contributed by atoms with E-state index in [9.17, 15) is 0 Å². The molecule has 0 radical (unpaired) electrons. The van der Waals surface area contributed by atoms with E-state index in [1.54, 1.807) is 7.05 Å². The molecule has 0 amide bonds. The third-order valence-electron chi connectivity index (χ3n) is 1.76. The Bertz CT molecular complexity index is 189. The minimum absolute atomic E-state index is 1.06. The van der Waals surface area contributed by atoms with Crippen LogP contribution in [0.15, 0.2) is 16.1 Å².